The number of piperidine rings is 1. The molecule has 0 radical (unpaired) electrons. The van der Waals surface area contributed by atoms with Crippen LogP contribution in [0.25, 0.3) is 0 Å². The average molecular weight is 313 g/mol. The van der Waals surface area contributed by atoms with E-state index in [1.165, 1.54) is 38.5 Å². The lowest BCUT2D eigenvalue weighted by Crippen LogP contribution is -2.52. The summed E-state index contributed by atoms with van der Waals surface area (Å²) < 4.78 is 0. The Hall–Kier alpha value is -0.450. The van der Waals surface area contributed by atoms with Crippen LogP contribution in [-0.4, -0.2) is 40.8 Å². The Bertz CT molecular complexity index is 296. The molecule has 0 unspecified atom stereocenters. The number of rotatable bonds is 12. The van der Waals surface area contributed by atoms with Gasteiger partial charge in [-0.05, 0) is 25.7 Å². The second-order valence-corrected chi connectivity index (χ2v) is 6.70. The predicted molar refractivity (Wildman–Crippen MR) is 89.9 cm³/mol. The summed E-state index contributed by atoms with van der Waals surface area (Å²) >= 11 is 0. The van der Waals surface area contributed by atoms with Crippen molar-refractivity contribution >= 4 is 5.78 Å². The molecular weight excluding hydrogens is 278 g/mol. The first-order chi connectivity index (χ1) is 10.7. The highest BCUT2D eigenvalue weighted by Gasteiger charge is 2.27. The SMILES string of the molecule is CCC(=O)CCCCCCCCC[C@@H]1CC[C@H](O)[C@@H](CO)N1. The highest BCUT2D eigenvalue weighted by molar-refractivity contribution is 5.77. The highest BCUT2D eigenvalue weighted by atomic mass is 16.3. The van der Waals surface area contributed by atoms with Gasteiger partial charge in [0, 0.05) is 18.9 Å². The molecule has 1 heterocycles. The van der Waals surface area contributed by atoms with Gasteiger partial charge in [0.05, 0.1) is 18.8 Å². The fourth-order valence-corrected chi connectivity index (χ4v) is 3.25. The quantitative estimate of drug-likeness (QED) is 0.485. The van der Waals surface area contributed by atoms with Crippen LogP contribution in [0.4, 0.5) is 0 Å². The van der Waals surface area contributed by atoms with Gasteiger partial charge in [-0.2, -0.15) is 0 Å². The molecular formula is C18H35NO3. The van der Waals surface area contributed by atoms with E-state index >= 15 is 0 Å². The highest BCUT2D eigenvalue weighted by Crippen LogP contribution is 2.18. The maximum absolute atomic E-state index is 11.2. The number of aliphatic hydroxyl groups is 2. The van der Waals surface area contributed by atoms with Crippen molar-refractivity contribution in [2.75, 3.05) is 6.61 Å². The van der Waals surface area contributed by atoms with E-state index in [4.69, 9.17) is 0 Å². The van der Waals surface area contributed by atoms with Crippen molar-refractivity contribution < 1.29 is 15.0 Å². The zero-order valence-electron chi connectivity index (χ0n) is 14.2. The molecule has 0 spiro atoms. The molecule has 1 saturated heterocycles. The number of hydrogen-bond donors (Lipinski definition) is 3. The van der Waals surface area contributed by atoms with Gasteiger partial charge >= 0.3 is 0 Å². The van der Waals surface area contributed by atoms with E-state index in [1.807, 2.05) is 6.92 Å². The maximum atomic E-state index is 11.2. The monoisotopic (exact) mass is 313 g/mol. The molecule has 0 amide bonds. The van der Waals surface area contributed by atoms with Crippen molar-refractivity contribution in [1.82, 2.24) is 5.32 Å². The number of unbranched alkanes of at least 4 members (excludes halogenated alkanes) is 6. The summed E-state index contributed by atoms with van der Waals surface area (Å²) in [4.78, 5) is 11.2. The maximum Gasteiger partial charge on any atom is 0.132 e. The van der Waals surface area contributed by atoms with Crippen LogP contribution < -0.4 is 5.32 Å². The normalized spacial score (nSPS) is 25.3. The fourth-order valence-electron chi connectivity index (χ4n) is 3.25. The standard InChI is InChI=1S/C18H35NO3/c1-2-16(21)11-9-7-5-3-4-6-8-10-15-12-13-18(22)17(14-20)19-15/h15,17-20,22H,2-14H2,1H3/t15-,17-,18+/m1/s1. The molecule has 0 saturated carbocycles. The minimum absolute atomic E-state index is 0.0260. The number of carbonyl (C=O) groups is 1. The molecule has 1 aliphatic heterocycles. The number of Topliss-reactive ketones (excluding diaryl/α,β-unsaturated/α-hetero) is 1. The van der Waals surface area contributed by atoms with E-state index in [1.54, 1.807) is 0 Å². The molecule has 0 aliphatic carbocycles. The fraction of sp³-hybridized carbons (Fsp3) is 0.944. The summed E-state index contributed by atoms with van der Waals surface area (Å²) in [6.45, 7) is 1.96. The zero-order valence-corrected chi connectivity index (χ0v) is 14.2. The number of hydrogen-bond acceptors (Lipinski definition) is 4. The predicted octanol–water partition coefficient (Wildman–Crippen LogP) is 2.95. The van der Waals surface area contributed by atoms with Crippen LogP contribution in [0.1, 0.15) is 84.0 Å². The summed E-state index contributed by atoms with van der Waals surface area (Å²) in [6, 6.07) is 0.324. The molecule has 1 aliphatic rings. The van der Waals surface area contributed by atoms with E-state index in [2.05, 4.69) is 5.32 Å². The van der Waals surface area contributed by atoms with E-state index < -0.39 is 0 Å². The molecule has 1 fully saturated rings. The van der Waals surface area contributed by atoms with Crippen LogP contribution in [0.15, 0.2) is 0 Å². The van der Waals surface area contributed by atoms with E-state index in [0.29, 0.717) is 18.2 Å². The van der Waals surface area contributed by atoms with Crippen LogP contribution in [0.3, 0.4) is 0 Å². The van der Waals surface area contributed by atoms with E-state index in [9.17, 15) is 15.0 Å². The van der Waals surface area contributed by atoms with Gasteiger partial charge in [0.1, 0.15) is 5.78 Å². The Labute approximate surface area is 135 Å². The summed E-state index contributed by atoms with van der Waals surface area (Å²) in [6.07, 6.45) is 12.6. The van der Waals surface area contributed by atoms with Gasteiger partial charge in [-0.3, -0.25) is 4.79 Å². The zero-order chi connectivity index (χ0) is 16.2. The first kappa shape index (κ1) is 19.6. The topological polar surface area (TPSA) is 69.6 Å². The van der Waals surface area contributed by atoms with Crippen molar-refractivity contribution in [3.63, 3.8) is 0 Å². The number of carbonyl (C=O) groups excluding carboxylic acids is 1. The number of aliphatic hydroxyl groups excluding tert-OH is 2. The van der Waals surface area contributed by atoms with Crippen LogP contribution in [0, 0.1) is 0 Å². The largest absolute Gasteiger partial charge is 0.395 e. The molecule has 0 bridgehead atoms. The minimum atomic E-state index is -0.388. The minimum Gasteiger partial charge on any atom is -0.395 e. The lowest BCUT2D eigenvalue weighted by atomic mass is 9.93. The van der Waals surface area contributed by atoms with Crippen molar-refractivity contribution in [3.8, 4) is 0 Å². The third-order valence-corrected chi connectivity index (χ3v) is 4.82. The molecule has 3 atom stereocenters. The first-order valence-electron chi connectivity index (χ1n) is 9.24. The average Bonchev–Trinajstić information content (AvgIpc) is 2.54. The number of ketones is 1. The summed E-state index contributed by atoms with van der Waals surface area (Å²) in [5.41, 5.74) is 0. The molecule has 0 aromatic rings. The summed E-state index contributed by atoms with van der Waals surface area (Å²) in [5, 5.41) is 22.3. The van der Waals surface area contributed by atoms with E-state index in [0.717, 1.165) is 32.1 Å². The second-order valence-electron chi connectivity index (χ2n) is 6.70. The summed E-state index contributed by atoms with van der Waals surface area (Å²) in [7, 11) is 0. The van der Waals surface area contributed by atoms with Gasteiger partial charge in [-0.25, -0.2) is 0 Å². The van der Waals surface area contributed by atoms with Gasteiger partial charge in [-0.15, -0.1) is 0 Å². The molecule has 130 valence electrons. The molecule has 4 nitrogen and oxygen atoms in total. The molecule has 0 aromatic carbocycles. The Morgan fingerprint density at radius 3 is 2.32 bits per heavy atom. The third kappa shape index (κ3) is 8.25. The van der Waals surface area contributed by atoms with Crippen LogP contribution in [-0.2, 0) is 4.79 Å². The van der Waals surface area contributed by atoms with Crippen molar-refractivity contribution in [2.45, 2.75) is 102 Å². The lowest BCUT2D eigenvalue weighted by molar-refractivity contribution is -0.118. The van der Waals surface area contributed by atoms with Crippen LogP contribution in [0.5, 0.6) is 0 Å². The molecule has 22 heavy (non-hydrogen) atoms. The third-order valence-electron chi connectivity index (χ3n) is 4.82. The second kappa shape index (κ2) is 12.0. The lowest BCUT2D eigenvalue weighted by Gasteiger charge is -2.34. The van der Waals surface area contributed by atoms with Crippen molar-refractivity contribution in [1.29, 1.82) is 0 Å². The Balaban J connectivity index is 1.90. The van der Waals surface area contributed by atoms with Gasteiger partial charge in [0.15, 0.2) is 0 Å². The smallest absolute Gasteiger partial charge is 0.132 e. The van der Waals surface area contributed by atoms with Gasteiger partial charge in [0.25, 0.3) is 0 Å². The van der Waals surface area contributed by atoms with Crippen LogP contribution in [0.2, 0.25) is 0 Å². The molecule has 0 aromatic heterocycles. The number of nitrogens with one attached hydrogen (secondary N) is 1. The summed E-state index contributed by atoms with van der Waals surface area (Å²) in [5.74, 6) is 0.395. The van der Waals surface area contributed by atoms with Crippen LogP contribution >= 0.6 is 0 Å². The van der Waals surface area contributed by atoms with Crippen molar-refractivity contribution in [2.24, 2.45) is 0 Å². The Kier molecular flexibility index (Phi) is 10.7. The molecule has 1 rings (SSSR count). The van der Waals surface area contributed by atoms with Gasteiger partial charge in [0.2, 0.25) is 0 Å². The molecule has 4 heteroatoms. The van der Waals surface area contributed by atoms with Crippen molar-refractivity contribution in [3.05, 3.63) is 0 Å². The van der Waals surface area contributed by atoms with E-state index in [-0.39, 0.29) is 18.8 Å². The van der Waals surface area contributed by atoms with Gasteiger partial charge in [-0.1, -0.05) is 45.4 Å². The Morgan fingerprint density at radius 2 is 1.68 bits per heavy atom. The first-order valence-corrected chi connectivity index (χ1v) is 9.24. The molecule has 3 N–H and O–H groups in total. The Morgan fingerprint density at radius 1 is 1.05 bits per heavy atom. The van der Waals surface area contributed by atoms with Gasteiger partial charge < -0.3 is 15.5 Å².